The lowest BCUT2D eigenvalue weighted by atomic mass is 9.98. The van der Waals surface area contributed by atoms with Crippen LogP contribution in [0.5, 0.6) is 0 Å². The quantitative estimate of drug-likeness (QED) is 0.355. The molecule has 0 aliphatic carbocycles. The van der Waals surface area contributed by atoms with Crippen LogP contribution in [-0.2, 0) is 9.36 Å². The van der Waals surface area contributed by atoms with Gasteiger partial charge in [0.15, 0.2) is 0 Å². The summed E-state index contributed by atoms with van der Waals surface area (Å²) in [6, 6.07) is 0. The lowest BCUT2D eigenvalue weighted by Gasteiger charge is -2.12. The molecule has 0 aliphatic heterocycles. The van der Waals surface area contributed by atoms with E-state index in [0.717, 1.165) is 19.3 Å². The van der Waals surface area contributed by atoms with Gasteiger partial charge >= 0.3 is 13.6 Å². The minimum Gasteiger partial charge on any atom is -0.481 e. The lowest BCUT2D eigenvalue weighted by molar-refractivity contribution is -0.142. The second kappa shape index (κ2) is 11.3. The van der Waals surface area contributed by atoms with Gasteiger partial charge in [0.05, 0.1) is 12.1 Å². The molecule has 1 atom stereocenters. The van der Waals surface area contributed by atoms with E-state index in [2.05, 4.69) is 6.92 Å². The van der Waals surface area contributed by atoms with Gasteiger partial charge < -0.3 is 14.9 Å². The molecule has 1 unspecified atom stereocenters. The standard InChI is InChI=1S/C14H29O5P/c1-2-3-4-5-6-7-8-9-10-13(14(15)16)11-12-20(17,18)19/h13H,2-12H2,1H3,(H,15,16)(H2,17,18,19). The van der Waals surface area contributed by atoms with E-state index in [0.29, 0.717) is 6.42 Å². The van der Waals surface area contributed by atoms with Gasteiger partial charge in [-0.2, -0.15) is 0 Å². The van der Waals surface area contributed by atoms with Crippen molar-refractivity contribution in [2.75, 3.05) is 6.16 Å². The number of hydrogen-bond donors (Lipinski definition) is 3. The van der Waals surface area contributed by atoms with Crippen molar-refractivity contribution in [1.29, 1.82) is 0 Å². The Morgan fingerprint density at radius 3 is 1.90 bits per heavy atom. The van der Waals surface area contributed by atoms with E-state index in [-0.39, 0.29) is 12.6 Å². The Kier molecular flexibility index (Phi) is 11.1. The first-order valence-corrected chi connectivity index (χ1v) is 9.44. The zero-order chi connectivity index (χ0) is 15.4. The largest absolute Gasteiger partial charge is 0.481 e. The van der Waals surface area contributed by atoms with Crippen molar-refractivity contribution in [1.82, 2.24) is 0 Å². The first-order valence-electron chi connectivity index (χ1n) is 7.64. The molecular weight excluding hydrogens is 279 g/mol. The SMILES string of the molecule is CCCCCCCCCCC(CCP(=O)(O)O)C(=O)O. The predicted molar refractivity (Wildman–Crippen MR) is 79.9 cm³/mol. The first kappa shape index (κ1) is 19.6. The number of aliphatic carboxylic acids is 1. The summed E-state index contributed by atoms with van der Waals surface area (Å²) >= 11 is 0. The third-order valence-electron chi connectivity index (χ3n) is 3.52. The van der Waals surface area contributed by atoms with Gasteiger partial charge in [-0.05, 0) is 12.8 Å². The van der Waals surface area contributed by atoms with Crippen LogP contribution in [0.1, 0.15) is 71.1 Å². The fourth-order valence-electron chi connectivity index (χ4n) is 2.24. The van der Waals surface area contributed by atoms with Gasteiger partial charge in [0.1, 0.15) is 0 Å². The molecule has 0 aromatic heterocycles. The fraction of sp³-hybridized carbons (Fsp3) is 0.929. The van der Waals surface area contributed by atoms with Gasteiger partial charge in [0.2, 0.25) is 0 Å². The fourth-order valence-corrected chi connectivity index (χ4v) is 2.89. The van der Waals surface area contributed by atoms with Gasteiger partial charge in [0.25, 0.3) is 0 Å². The van der Waals surface area contributed by atoms with E-state index in [1.807, 2.05) is 0 Å². The summed E-state index contributed by atoms with van der Waals surface area (Å²) in [7, 11) is -4.08. The number of carboxylic acid groups (broad SMARTS) is 1. The maximum absolute atomic E-state index is 11.0. The summed E-state index contributed by atoms with van der Waals surface area (Å²) in [5.41, 5.74) is 0. The maximum atomic E-state index is 11.0. The predicted octanol–water partition coefficient (Wildman–Crippen LogP) is 3.79. The highest BCUT2D eigenvalue weighted by atomic mass is 31.2. The molecule has 120 valence electrons. The van der Waals surface area contributed by atoms with Crippen LogP contribution in [0.4, 0.5) is 0 Å². The van der Waals surface area contributed by atoms with Crippen LogP contribution in [-0.4, -0.2) is 27.0 Å². The summed E-state index contributed by atoms with van der Waals surface area (Å²) in [5.74, 6) is -1.57. The molecule has 0 amide bonds. The van der Waals surface area contributed by atoms with Crippen molar-refractivity contribution in [2.45, 2.75) is 71.1 Å². The Hall–Kier alpha value is -0.380. The minimum atomic E-state index is -4.08. The average molecular weight is 308 g/mol. The number of hydrogen-bond acceptors (Lipinski definition) is 2. The van der Waals surface area contributed by atoms with Crippen molar-refractivity contribution >= 4 is 13.6 Å². The van der Waals surface area contributed by atoms with Crippen LogP contribution >= 0.6 is 7.60 Å². The molecule has 0 bridgehead atoms. The smallest absolute Gasteiger partial charge is 0.325 e. The molecule has 0 saturated carbocycles. The molecule has 0 fully saturated rings. The van der Waals surface area contributed by atoms with E-state index in [9.17, 15) is 9.36 Å². The molecule has 0 radical (unpaired) electrons. The van der Waals surface area contributed by atoms with Crippen molar-refractivity contribution in [3.63, 3.8) is 0 Å². The Balaban J connectivity index is 3.66. The first-order chi connectivity index (χ1) is 9.37. The monoisotopic (exact) mass is 308 g/mol. The van der Waals surface area contributed by atoms with Gasteiger partial charge in [-0.25, -0.2) is 0 Å². The number of carbonyl (C=O) groups is 1. The summed E-state index contributed by atoms with van der Waals surface area (Å²) in [4.78, 5) is 28.6. The van der Waals surface area contributed by atoms with Crippen molar-refractivity contribution in [3.05, 3.63) is 0 Å². The number of rotatable bonds is 13. The highest BCUT2D eigenvalue weighted by Crippen LogP contribution is 2.36. The molecule has 0 saturated heterocycles. The molecule has 0 rings (SSSR count). The van der Waals surface area contributed by atoms with Gasteiger partial charge in [-0.15, -0.1) is 0 Å². The molecule has 0 spiro atoms. The topological polar surface area (TPSA) is 94.8 Å². The van der Waals surface area contributed by atoms with E-state index < -0.39 is 19.5 Å². The lowest BCUT2D eigenvalue weighted by Crippen LogP contribution is -2.15. The molecule has 0 aliphatic rings. The van der Waals surface area contributed by atoms with Crippen molar-refractivity contribution < 1.29 is 24.3 Å². The third kappa shape index (κ3) is 12.6. The van der Waals surface area contributed by atoms with Crippen LogP contribution in [0.2, 0.25) is 0 Å². The van der Waals surface area contributed by atoms with E-state index >= 15 is 0 Å². The zero-order valence-electron chi connectivity index (χ0n) is 12.5. The third-order valence-corrected chi connectivity index (χ3v) is 4.37. The number of carboxylic acids is 1. The highest BCUT2D eigenvalue weighted by Gasteiger charge is 2.22. The van der Waals surface area contributed by atoms with Crippen LogP contribution in [0.3, 0.4) is 0 Å². The molecule has 5 nitrogen and oxygen atoms in total. The van der Waals surface area contributed by atoms with Crippen LogP contribution in [0.25, 0.3) is 0 Å². The van der Waals surface area contributed by atoms with Crippen molar-refractivity contribution in [3.8, 4) is 0 Å². The maximum Gasteiger partial charge on any atom is 0.325 e. The van der Waals surface area contributed by atoms with Gasteiger partial charge in [0, 0.05) is 0 Å². The zero-order valence-corrected chi connectivity index (χ0v) is 13.4. The summed E-state index contributed by atoms with van der Waals surface area (Å²) in [6.45, 7) is 2.18. The van der Waals surface area contributed by atoms with Crippen LogP contribution in [0.15, 0.2) is 0 Å². The Bertz CT molecular complexity index is 300. The summed E-state index contributed by atoms with van der Waals surface area (Å²) in [6.07, 6.45) is 9.43. The molecule has 6 heteroatoms. The van der Waals surface area contributed by atoms with Crippen molar-refractivity contribution in [2.24, 2.45) is 5.92 Å². The summed E-state index contributed by atoms with van der Waals surface area (Å²) in [5, 5.41) is 9.02. The van der Waals surface area contributed by atoms with E-state index in [1.54, 1.807) is 0 Å². The van der Waals surface area contributed by atoms with Gasteiger partial charge in [-0.1, -0.05) is 58.3 Å². The van der Waals surface area contributed by atoms with Crippen LogP contribution in [0, 0.1) is 5.92 Å². The molecule has 20 heavy (non-hydrogen) atoms. The molecular formula is C14H29O5P. The average Bonchev–Trinajstić information content (AvgIpc) is 2.34. The second-order valence-electron chi connectivity index (χ2n) is 5.48. The summed E-state index contributed by atoms with van der Waals surface area (Å²) < 4.78 is 10.8. The van der Waals surface area contributed by atoms with Crippen LogP contribution < -0.4 is 0 Å². The van der Waals surface area contributed by atoms with Gasteiger partial charge in [-0.3, -0.25) is 9.36 Å². The normalized spacial score (nSPS) is 13.3. The Morgan fingerprint density at radius 1 is 0.950 bits per heavy atom. The Morgan fingerprint density at radius 2 is 1.45 bits per heavy atom. The minimum absolute atomic E-state index is 0.0656. The van der Waals surface area contributed by atoms with E-state index in [4.69, 9.17) is 14.9 Å². The Labute approximate surface area is 121 Å². The molecule has 0 aromatic rings. The highest BCUT2D eigenvalue weighted by molar-refractivity contribution is 7.51. The molecule has 0 heterocycles. The van der Waals surface area contributed by atoms with E-state index in [1.165, 1.54) is 32.1 Å². The molecule has 0 aromatic carbocycles. The number of unbranched alkanes of at least 4 members (excludes halogenated alkanes) is 7. The second-order valence-corrected chi connectivity index (χ2v) is 7.25. The molecule has 3 N–H and O–H groups in total.